The molecule has 1 aromatic carbocycles. The first-order chi connectivity index (χ1) is 12.0. The van der Waals surface area contributed by atoms with Gasteiger partial charge in [-0.3, -0.25) is 19.7 Å². The average Bonchev–Trinajstić information content (AvgIpc) is 3.46. The second-order valence-electron chi connectivity index (χ2n) is 6.48. The standard InChI is InChI=1S/C17H22N4O4/c1-18-16(22)13-5-6-14(15(11-13)21(24)25)19-7-2-8-20(10-9-19)17(23)12-3-4-12/h5-6,11-12H,2-4,7-10H2,1H3,(H,18,22). The molecule has 3 rings (SSSR count). The second-order valence-corrected chi connectivity index (χ2v) is 6.48. The fourth-order valence-electron chi connectivity index (χ4n) is 3.19. The number of hydrogen-bond donors (Lipinski definition) is 1. The third kappa shape index (κ3) is 3.72. The molecule has 1 heterocycles. The quantitative estimate of drug-likeness (QED) is 0.657. The molecule has 1 aliphatic carbocycles. The molecule has 1 aromatic rings. The van der Waals surface area contributed by atoms with E-state index in [9.17, 15) is 19.7 Å². The van der Waals surface area contributed by atoms with Gasteiger partial charge < -0.3 is 15.1 Å². The Morgan fingerprint density at radius 3 is 2.60 bits per heavy atom. The molecule has 0 aromatic heterocycles. The summed E-state index contributed by atoms with van der Waals surface area (Å²) in [4.78, 5) is 38.8. The van der Waals surface area contributed by atoms with Gasteiger partial charge in [0.25, 0.3) is 11.6 Å². The minimum absolute atomic E-state index is 0.0805. The van der Waals surface area contributed by atoms with Gasteiger partial charge in [0.1, 0.15) is 5.69 Å². The van der Waals surface area contributed by atoms with Gasteiger partial charge >= 0.3 is 0 Å². The van der Waals surface area contributed by atoms with Crippen molar-refractivity contribution in [1.82, 2.24) is 10.2 Å². The Bertz CT molecular complexity index is 702. The highest BCUT2D eigenvalue weighted by Crippen LogP contribution is 2.33. The van der Waals surface area contributed by atoms with E-state index in [0.29, 0.717) is 31.9 Å². The van der Waals surface area contributed by atoms with Gasteiger partial charge in [0.15, 0.2) is 0 Å². The lowest BCUT2D eigenvalue weighted by Gasteiger charge is -2.23. The van der Waals surface area contributed by atoms with Crippen LogP contribution in [0.4, 0.5) is 11.4 Å². The van der Waals surface area contributed by atoms with Crippen LogP contribution in [0.2, 0.25) is 0 Å². The summed E-state index contributed by atoms with van der Waals surface area (Å²) in [6.07, 6.45) is 2.73. The first kappa shape index (κ1) is 17.2. The van der Waals surface area contributed by atoms with E-state index in [1.165, 1.54) is 13.1 Å². The molecule has 1 saturated heterocycles. The molecule has 2 aliphatic rings. The number of nitro benzene ring substituents is 1. The highest BCUT2D eigenvalue weighted by molar-refractivity contribution is 5.95. The Kier molecular flexibility index (Phi) is 4.87. The van der Waals surface area contributed by atoms with Gasteiger partial charge in [-0.1, -0.05) is 0 Å². The molecular weight excluding hydrogens is 324 g/mol. The van der Waals surface area contributed by atoms with Gasteiger partial charge in [-0.15, -0.1) is 0 Å². The molecule has 0 unspecified atom stereocenters. The number of carbonyl (C=O) groups is 2. The number of carbonyl (C=O) groups excluding carboxylic acids is 2. The third-order valence-electron chi connectivity index (χ3n) is 4.74. The van der Waals surface area contributed by atoms with E-state index in [-0.39, 0.29) is 29.0 Å². The van der Waals surface area contributed by atoms with Crippen molar-refractivity contribution in [3.63, 3.8) is 0 Å². The number of amides is 2. The Labute approximate surface area is 145 Å². The van der Waals surface area contributed by atoms with Crippen LogP contribution in [0.25, 0.3) is 0 Å². The van der Waals surface area contributed by atoms with Crippen molar-refractivity contribution in [2.45, 2.75) is 19.3 Å². The van der Waals surface area contributed by atoms with E-state index in [1.54, 1.807) is 12.1 Å². The molecule has 8 heteroatoms. The fourth-order valence-corrected chi connectivity index (χ4v) is 3.19. The van der Waals surface area contributed by atoms with Gasteiger partial charge in [-0.05, 0) is 31.4 Å². The topological polar surface area (TPSA) is 95.8 Å². The lowest BCUT2D eigenvalue weighted by Crippen LogP contribution is -2.36. The third-order valence-corrected chi connectivity index (χ3v) is 4.74. The number of anilines is 1. The van der Waals surface area contributed by atoms with Crippen LogP contribution in [-0.2, 0) is 4.79 Å². The van der Waals surface area contributed by atoms with E-state index in [4.69, 9.17) is 0 Å². The molecule has 1 N–H and O–H groups in total. The molecule has 2 amide bonds. The van der Waals surface area contributed by atoms with Crippen molar-refractivity contribution in [3.8, 4) is 0 Å². The van der Waals surface area contributed by atoms with E-state index in [2.05, 4.69) is 5.32 Å². The Morgan fingerprint density at radius 1 is 1.20 bits per heavy atom. The summed E-state index contributed by atoms with van der Waals surface area (Å²) in [5, 5.41) is 13.9. The van der Waals surface area contributed by atoms with Crippen molar-refractivity contribution in [3.05, 3.63) is 33.9 Å². The van der Waals surface area contributed by atoms with E-state index in [0.717, 1.165) is 19.3 Å². The molecular formula is C17H22N4O4. The molecule has 134 valence electrons. The summed E-state index contributed by atoms with van der Waals surface area (Å²) in [7, 11) is 1.49. The zero-order chi connectivity index (χ0) is 18.0. The lowest BCUT2D eigenvalue weighted by atomic mass is 10.1. The average molecular weight is 346 g/mol. The maximum absolute atomic E-state index is 12.2. The summed E-state index contributed by atoms with van der Waals surface area (Å²) in [6, 6.07) is 4.53. The fraction of sp³-hybridized carbons (Fsp3) is 0.529. The SMILES string of the molecule is CNC(=O)c1ccc(N2CCCN(C(=O)C3CC3)CC2)c([N+](=O)[O-])c1. The number of rotatable bonds is 4. The van der Waals surface area contributed by atoms with Crippen LogP contribution in [-0.4, -0.2) is 54.9 Å². The predicted molar refractivity (Wildman–Crippen MR) is 92.6 cm³/mol. The summed E-state index contributed by atoms with van der Waals surface area (Å²) in [6.45, 7) is 2.47. The molecule has 0 spiro atoms. The highest BCUT2D eigenvalue weighted by Gasteiger charge is 2.34. The van der Waals surface area contributed by atoms with Gasteiger partial charge in [0, 0.05) is 50.8 Å². The highest BCUT2D eigenvalue weighted by atomic mass is 16.6. The van der Waals surface area contributed by atoms with Crippen molar-refractivity contribution < 1.29 is 14.5 Å². The van der Waals surface area contributed by atoms with Gasteiger partial charge in [0.05, 0.1) is 4.92 Å². The molecule has 0 bridgehead atoms. The van der Waals surface area contributed by atoms with E-state index < -0.39 is 4.92 Å². The van der Waals surface area contributed by atoms with Crippen molar-refractivity contribution >= 4 is 23.2 Å². The Hall–Kier alpha value is -2.64. The van der Waals surface area contributed by atoms with Crippen LogP contribution in [0.1, 0.15) is 29.6 Å². The normalized spacial score (nSPS) is 17.8. The first-order valence-corrected chi connectivity index (χ1v) is 8.55. The largest absolute Gasteiger partial charge is 0.364 e. The molecule has 1 aliphatic heterocycles. The zero-order valence-electron chi connectivity index (χ0n) is 14.2. The number of hydrogen-bond acceptors (Lipinski definition) is 5. The van der Waals surface area contributed by atoms with Gasteiger partial charge in [-0.25, -0.2) is 0 Å². The lowest BCUT2D eigenvalue weighted by molar-refractivity contribution is -0.384. The zero-order valence-corrected chi connectivity index (χ0v) is 14.2. The molecule has 8 nitrogen and oxygen atoms in total. The monoisotopic (exact) mass is 346 g/mol. The minimum Gasteiger partial charge on any atom is -0.364 e. The van der Waals surface area contributed by atoms with Crippen LogP contribution in [0.15, 0.2) is 18.2 Å². The van der Waals surface area contributed by atoms with E-state index in [1.807, 2.05) is 9.80 Å². The maximum atomic E-state index is 12.2. The van der Waals surface area contributed by atoms with Crippen LogP contribution >= 0.6 is 0 Å². The number of nitrogens with zero attached hydrogens (tertiary/aromatic N) is 3. The van der Waals surface area contributed by atoms with Crippen LogP contribution in [0, 0.1) is 16.0 Å². The molecule has 0 radical (unpaired) electrons. The Morgan fingerprint density at radius 2 is 1.96 bits per heavy atom. The maximum Gasteiger partial charge on any atom is 0.293 e. The summed E-state index contributed by atoms with van der Waals surface area (Å²) >= 11 is 0. The summed E-state index contributed by atoms with van der Waals surface area (Å²) < 4.78 is 0. The first-order valence-electron chi connectivity index (χ1n) is 8.55. The van der Waals surface area contributed by atoms with Gasteiger partial charge in [0.2, 0.25) is 5.91 Å². The van der Waals surface area contributed by atoms with Crippen molar-refractivity contribution in [2.24, 2.45) is 5.92 Å². The molecule has 25 heavy (non-hydrogen) atoms. The summed E-state index contributed by atoms with van der Waals surface area (Å²) in [5.74, 6) is 0.0470. The van der Waals surface area contributed by atoms with Gasteiger partial charge in [-0.2, -0.15) is 0 Å². The molecule has 2 fully saturated rings. The predicted octanol–water partition coefficient (Wildman–Crippen LogP) is 1.40. The number of nitro groups is 1. The van der Waals surface area contributed by atoms with Crippen LogP contribution in [0.3, 0.4) is 0 Å². The number of benzene rings is 1. The molecule has 0 atom stereocenters. The smallest absolute Gasteiger partial charge is 0.293 e. The van der Waals surface area contributed by atoms with Crippen molar-refractivity contribution in [2.75, 3.05) is 38.1 Å². The minimum atomic E-state index is -0.459. The van der Waals surface area contributed by atoms with Crippen molar-refractivity contribution in [1.29, 1.82) is 0 Å². The van der Waals surface area contributed by atoms with E-state index >= 15 is 0 Å². The Balaban J connectivity index is 1.79. The van der Waals surface area contributed by atoms with Crippen LogP contribution < -0.4 is 10.2 Å². The molecule has 1 saturated carbocycles. The second kappa shape index (κ2) is 7.08. The summed E-state index contributed by atoms with van der Waals surface area (Å²) in [5.41, 5.74) is 0.680. The van der Waals surface area contributed by atoms with Crippen LogP contribution in [0.5, 0.6) is 0 Å². The number of nitrogens with one attached hydrogen (secondary N) is 1.